The molecule has 1 nitrogen and oxygen atoms in total. The van der Waals surface area contributed by atoms with E-state index >= 15 is 0 Å². The fourth-order valence-electron chi connectivity index (χ4n) is 1.17. The highest BCUT2D eigenvalue weighted by molar-refractivity contribution is 6.31. The Hall–Kier alpha value is -0.790. The summed E-state index contributed by atoms with van der Waals surface area (Å²) in [7, 11) is 0. The van der Waals surface area contributed by atoms with Crippen molar-refractivity contribution in [2.75, 3.05) is 13.1 Å². The van der Waals surface area contributed by atoms with Gasteiger partial charge in [0.25, 0.3) is 0 Å². The largest absolute Gasteiger partial charge is 0.312 e. The molecule has 0 atom stereocenters. The summed E-state index contributed by atoms with van der Waals surface area (Å²) >= 11 is 6.05. The summed E-state index contributed by atoms with van der Waals surface area (Å²) in [5, 5.41) is 4.11. The smallest absolute Gasteiger partial charge is 0.0325 e. The van der Waals surface area contributed by atoms with Gasteiger partial charge in [0.05, 0.1) is 0 Å². The number of nitrogens with one attached hydrogen (secondary N) is 1. The van der Waals surface area contributed by atoms with Crippen LogP contribution < -0.4 is 5.32 Å². The van der Waals surface area contributed by atoms with Crippen LogP contribution in [0, 0.1) is 0 Å². The molecule has 2 heteroatoms. The maximum absolute atomic E-state index is 6.05. The first kappa shape index (κ1) is 11.3. The highest BCUT2D eigenvalue weighted by Crippen LogP contribution is 2.08. The molecule has 0 unspecified atom stereocenters. The van der Waals surface area contributed by atoms with E-state index in [9.17, 15) is 0 Å². The standard InChI is InChI=1S/C12H16ClN/c1-2-8-14-10-12(13)9-11-6-4-3-5-7-11/h3-7,9,14H,2,8,10H2,1H3/b12-9-. The molecule has 0 radical (unpaired) electrons. The zero-order valence-corrected chi connectivity index (χ0v) is 9.22. The Kier molecular flexibility index (Phi) is 5.35. The first-order valence-electron chi connectivity index (χ1n) is 4.94. The van der Waals surface area contributed by atoms with Crippen LogP contribution in [-0.4, -0.2) is 13.1 Å². The van der Waals surface area contributed by atoms with Crippen molar-refractivity contribution in [2.45, 2.75) is 13.3 Å². The van der Waals surface area contributed by atoms with Gasteiger partial charge < -0.3 is 5.32 Å². The third-order valence-corrected chi connectivity index (χ3v) is 2.09. The van der Waals surface area contributed by atoms with E-state index in [0.717, 1.165) is 30.1 Å². The SMILES string of the molecule is CCCNC/C(Cl)=C/c1ccccc1. The van der Waals surface area contributed by atoms with Crippen molar-refractivity contribution in [3.63, 3.8) is 0 Å². The summed E-state index contributed by atoms with van der Waals surface area (Å²) in [6.07, 6.45) is 3.12. The van der Waals surface area contributed by atoms with Crippen molar-refractivity contribution in [3.8, 4) is 0 Å². The molecule has 0 aliphatic carbocycles. The lowest BCUT2D eigenvalue weighted by atomic mass is 10.2. The van der Waals surface area contributed by atoms with Gasteiger partial charge in [-0.25, -0.2) is 0 Å². The zero-order chi connectivity index (χ0) is 10.2. The van der Waals surface area contributed by atoms with Crippen molar-refractivity contribution in [2.24, 2.45) is 0 Å². The van der Waals surface area contributed by atoms with E-state index in [4.69, 9.17) is 11.6 Å². The number of hydrogen-bond donors (Lipinski definition) is 1. The molecule has 76 valence electrons. The van der Waals surface area contributed by atoms with Crippen LogP contribution in [0.25, 0.3) is 6.08 Å². The molecular weight excluding hydrogens is 194 g/mol. The number of hydrogen-bond acceptors (Lipinski definition) is 1. The van der Waals surface area contributed by atoms with Gasteiger partial charge in [-0.3, -0.25) is 0 Å². The van der Waals surface area contributed by atoms with Crippen molar-refractivity contribution < 1.29 is 0 Å². The predicted molar refractivity (Wildman–Crippen MR) is 63.4 cm³/mol. The van der Waals surface area contributed by atoms with Crippen LogP contribution in [0.1, 0.15) is 18.9 Å². The van der Waals surface area contributed by atoms with Gasteiger partial charge in [-0.05, 0) is 24.6 Å². The normalized spacial score (nSPS) is 11.7. The van der Waals surface area contributed by atoms with Crippen LogP contribution >= 0.6 is 11.6 Å². The van der Waals surface area contributed by atoms with Crippen LogP contribution in [0.3, 0.4) is 0 Å². The Labute approximate surface area is 90.8 Å². The Bertz CT molecular complexity index is 280. The summed E-state index contributed by atoms with van der Waals surface area (Å²) in [6, 6.07) is 10.1. The van der Waals surface area contributed by atoms with Gasteiger partial charge in [-0.15, -0.1) is 0 Å². The lowest BCUT2D eigenvalue weighted by Crippen LogP contribution is -2.15. The van der Waals surface area contributed by atoms with Crippen molar-refractivity contribution >= 4 is 17.7 Å². The molecule has 14 heavy (non-hydrogen) atoms. The molecule has 0 saturated heterocycles. The topological polar surface area (TPSA) is 12.0 Å². The molecule has 0 aromatic heterocycles. The maximum Gasteiger partial charge on any atom is 0.0325 e. The molecule has 0 saturated carbocycles. The van der Waals surface area contributed by atoms with Gasteiger partial charge in [-0.2, -0.15) is 0 Å². The lowest BCUT2D eigenvalue weighted by Gasteiger charge is -2.01. The Morgan fingerprint density at radius 3 is 2.71 bits per heavy atom. The van der Waals surface area contributed by atoms with E-state index in [1.807, 2.05) is 36.4 Å². The monoisotopic (exact) mass is 209 g/mol. The number of rotatable bonds is 5. The maximum atomic E-state index is 6.05. The minimum absolute atomic E-state index is 0.754. The van der Waals surface area contributed by atoms with E-state index in [2.05, 4.69) is 12.2 Å². The molecule has 0 aliphatic rings. The summed E-state index contributed by atoms with van der Waals surface area (Å²) in [5.41, 5.74) is 1.15. The van der Waals surface area contributed by atoms with Gasteiger partial charge in [0.2, 0.25) is 0 Å². The van der Waals surface area contributed by atoms with Crippen LogP contribution in [0.5, 0.6) is 0 Å². The van der Waals surface area contributed by atoms with E-state index in [1.165, 1.54) is 0 Å². The number of benzene rings is 1. The minimum Gasteiger partial charge on any atom is -0.312 e. The molecule has 0 fully saturated rings. The second-order valence-electron chi connectivity index (χ2n) is 3.18. The van der Waals surface area contributed by atoms with Crippen LogP contribution in [0.2, 0.25) is 0 Å². The average molecular weight is 210 g/mol. The summed E-state index contributed by atoms with van der Waals surface area (Å²) in [4.78, 5) is 0. The Balaban J connectivity index is 2.43. The fourth-order valence-corrected chi connectivity index (χ4v) is 1.39. The van der Waals surface area contributed by atoms with E-state index in [0.29, 0.717) is 0 Å². The van der Waals surface area contributed by atoms with Crippen molar-refractivity contribution in [1.82, 2.24) is 5.32 Å². The van der Waals surface area contributed by atoms with Crippen molar-refractivity contribution in [3.05, 3.63) is 40.9 Å². The summed E-state index contributed by atoms with van der Waals surface area (Å²) < 4.78 is 0. The number of halogens is 1. The van der Waals surface area contributed by atoms with Gasteiger partial charge in [-0.1, -0.05) is 48.9 Å². The summed E-state index contributed by atoms with van der Waals surface area (Å²) in [6.45, 7) is 3.91. The van der Waals surface area contributed by atoms with Crippen molar-refractivity contribution in [1.29, 1.82) is 0 Å². The average Bonchev–Trinajstić information content (AvgIpc) is 2.20. The molecule has 1 aromatic rings. The first-order chi connectivity index (χ1) is 6.83. The molecule has 0 bridgehead atoms. The molecule has 1 aromatic carbocycles. The molecule has 0 aliphatic heterocycles. The quantitative estimate of drug-likeness (QED) is 0.735. The lowest BCUT2D eigenvalue weighted by molar-refractivity contribution is 0.726. The van der Waals surface area contributed by atoms with Gasteiger partial charge >= 0.3 is 0 Å². The zero-order valence-electron chi connectivity index (χ0n) is 8.46. The molecule has 0 amide bonds. The van der Waals surface area contributed by atoms with Crippen LogP contribution in [-0.2, 0) is 0 Å². The predicted octanol–water partition coefficient (Wildman–Crippen LogP) is 3.27. The van der Waals surface area contributed by atoms with E-state index < -0.39 is 0 Å². The van der Waals surface area contributed by atoms with E-state index in [-0.39, 0.29) is 0 Å². The highest BCUT2D eigenvalue weighted by Gasteiger charge is 1.92. The summed E-state index contributed by atoms with van der Waals surface area (Å²) in [5.74, 6) is 0. The molecule has 0 heterocycles. The highest BCUT2D eigenvalue weighted by atomic mass is 35.5. The molecular formula is C12H16ClN. The van der Waals surface area contributed by atoms with Crippen LogP contribution in [0.4, 0.5) is 0 Å². The Morgan fingerprint density at radius 2 is 2.07 bits per heavy atom. The van der Waals surface area contributed by atoms with Gasteiger partial charge in [0.15, 0.2) is 0 Å². The first-order valence-corrected chi connectivity index (χ1v) is 5.32. The fraction of sp³-hybridized carbons (Fsp3) is 0.333. The van der Waals surface area contributed by atoms with Gasteiger partial charge in [0.1, 0.15) is 0 Å². The Morgan fingerprint density at radius 1 is 1.36 bits per heavy atom. The minimum atomic E-state index is 0.754. The molecule has 0 spiro atoms. The molecule has 1 rings (SSSR count). The van der Waals surface area contributed by atoms with Crippen LogP contribution in [0.15, 0.2) is 35.4 Å². The third-order valence-electron chi connectivity index (χ3n) is 1.84. The second kappa shape index (κ2) is 6.63. The van der Waals surface area contributed by atoms with Gasteiger partial charge in [0, 0.05) is 11.6 Å². The second-order valence-corrected chi connectivity index (χ2v) is 3.66. The van der Waals surface area contributed by atoms with E-state index in [1.54, 1.807) is 0 Å². The molecule has 1 N–H and O–H groups in total. The third kappa shape index (κ3) is 4.45.